The van der Waals surface area contributed by atoms with Crippen LogP contribution < -0.4 is 4.57 Å². The molecule has 0 aliphatic heterocycles. The molecule has 0 aromatic carbocycles. The minimum Gasteiger partial charge on any atom is -0.741 e. The van der Waals surface area contributed by atoms with Gasteiger partial charge in [0.25, 0.3) is 0 Å². The Morgan fingerprint density at radius 2 is 1.43 bits per heavy atom. The predicted molar refractivity (Wildman–Crippen MR) is 104 cm³/mol. The quantitative estimate of drug-likeness (QED) is 0.192. The van der Waals surface area contributed by atoms with Gasteiger partial charge in [-0.2, -0.15) is 13.2 Å². The number of hydrogen-bond donors (Lipinski definition) is 0. The molecule has 0 atom stereocenters. The first-order chi connectivity index (χ1) is 13.1. The molecule has 0 radical (unpaired) electrons. The van der Waals surface area contributed by atoms with Crippen LogP contribution in [0.4, 0.5) is 13.2 Å². The summed E-state index contributed by atoms with van der Waals surface area (Å²) in [5.74, 6) is 0. The van der Waals surface area contributed by atoms with Gasteiger partial charge in [0.15, 0.2) is 22.5 Å². The van der Waals surface area contributed by atoms with Crippen LogP contribution in [-0.4, -0.2) is 18.5 Å². The van der Waals surface area contributed by atoms with E-state index >= 15 is 0 Å². The second-order valence-electron chi connectivity index (χ2n) is 6.93. The predicted octanol–water partition coefficient (Wildman–Crippen LogP) is 5.51. The van der Waals surface area contributed by atoms with E-state index in [0.717, 1.165) is 0 Å². The summed E-state index contributed by atoms with van der Waals surface area (Å²) in [5.41, 5.74) is -4.15. The maximum Gasteiger partial charge on any atom is 0.485 e. The fourth-order valence-electron chi connectivity index (χ4n) is 2.67. The first-order valence-electron chi connectivity index (χ1n) is 10.1. The fraction of sp³-hybridized carbons (Fsp3) is 0.750. The smallest absolute Gasteiger partial charge is 0.485 e. The fourth-order valence-corrected chi connectivity index (χ4v) is 2.67. The molecule has 1 heterocycles. The van der Waals surface area contributed by atoms with Gasteiger partial charge in [-0.1, -0.05) is 58.8 Å². The van der Waals surface area contributed by atoms with E-state index in [0.29, 0.717) is 0 Å². The van der Waals surface area contributed by atoms with Crippen molar-refractivity contribution in [1.82, 2.24) is 0 Å². The lowest BCUT2D eigenvalue weighted by molar-refractivity contribution is -0.697. The minimum atomic E-state index is -6.09. The Bertz CT molecular complexity index is 619. The molecule has 0 saturated carbocycles. The highest BCUT2D eigenvalue weighted by atomic mass is 32.2. The second kappa shape index (κ2) is 14.8. The number of aryl methyl sites for hydroxylation is 2. The van der Waals surface area contributed by atoms with E-state index in [4.69, 9.17) is 13.0 Å². The van der Waals surface area contributed by atoms with E-state index in [9.17, 15) is 13.2 Å². The van der Waals surface area contributed by atoms with E-state index in [1.807, 2.05) is 0 Å². The number of rotatable bonds is 12. The van der Waals surface area contributed by atoms with Crippen molar-refractivity contribution in [3.63, 3.8) is 0 Å². The van der Waals surface area contributed by atoms with Gasteiger partial charge in [0.1, 0.15) is 6.54 Å². The Morgan fingerprint density at radius 1 is 0.929 bits per heavy atom. The summed E-state index contributed by atoms with van der Waals surface area (Å²) in [6.45, 7) is 5.73. The molecule has 1 aromatic heterocycles. The molecule has 0 fully saturated rings. The van der Waals surface area contributed by atoms with Crippen molar-refractivity contribution in [1.29, 1.82) is 0 Å². The lowest BCUT2D eigenvalue weighted by Crippen LogP contribution is -2.33. The van der Waals surface area contributed by atoms with E-state index in [2.05, 4.69) is 42.9 Å². The molecule has 0 bridgehead atoms. The van der Waals surface area contributed by atoms with Crippen LogP contribution in [0, 0.1) is 0 Å². The first-order valence-corrected chi connectivity index (χ1v) is 11.5. The molecule has 1 rings (SSSR count). The molecular weight excluding hydrogens is 391 g/mol. The molecule has 28 heavy (non-hydrogen) atoms. The van der Waals surface area contributed by atoms with E-state index in [-0.39, 0.29) is 0 Å². The van der Waals surface area contributed by atoms with Gasteiger partial charge >= 0.3 is 5.51 Å². The van der Waals surface area contributed by atoms with Gasteiger partial charge in [-0.05, 0) is 25.3 Å². The van der Waals surface area contributed by atoms with Gasteiger partial charge in [-0.3, -0.25) is 0 Å². The lowest BCUT2D eigenvalue weighted by Gasteiger charge is -2.08. The van der Waals surface area contributed by atoms with Gasteiger partial charge in [0.05, 0.1) is 0 Å². The Hall–Kier alpha value is -1.15. The third-order valence-corrected chi connectivity index (χ3v) is 4.86. The summed E-state index contributed by atoms with van der Waals surface area (Å²) in [6, 6.07) is 4.47. The lowest BCUT2D eigenvalue weighted by atomic mass is 10.1. The zero-order valence-electron chi connectivity index (χ0n) is 17.0. The summed E-state index contributed by atoms with van der Waals surface area (Å²) < 4.78 is 61.3. The third kappa shape index (κ3) is 13.9. The van der Waals surface area contributed by atoms with Crippen LogP contribution in [0.1, 0.15) is 83.6 Å². The van der Waals surface area contributed by atoms with E-state index < -0.39 is 15.6 Å². The van der Waals surface area contributed by atoms with Crippen LogP contribution in [-0.2, 0) is 23.1 Å². The molecule has 0 spiro atoms. The summed E-state index contributed by atoms with van der Waals surface area (Å²) in [4.78, 5) is 0. The summed E-state index contributed by atoms with van der Waals surface area (Å²) in [5, 5.41) is 0. The van der Waals surface area contributed by atoms with Crippen molar-refractivity contribution >= 4 is 10.1 Å². The second-order valence-corrected chi connectivity index (χ2v) is 8.30. The molecule has 0 unspecified atom stereocenters. The molecule has 0 aliphatic rings. The number of unbranched alkanes of at least 4 members (excludes halogenated alkanes) is 8. The van der Waals surface area contributed by atoms with Crippen LogP contribution in [0.15, 0.2) is 24.5 Å². The highest BCUT2D eigenvalue weighted by molar-refractivity contribution is 7.86. The zero-order chi connectivity index (χ0) is 21.5. The molecule has 0 saturated heterocycles. The highest BCUT2D eigenvalue weighted by Crippen LogP contribution is 2.20. The van der Waals surface area contributed by atoms with Crippen molar-refractivity contribution in [3.8, 4) is 0 Å². The number of nitrogens with zero attached hydrogens (tertiary/aromatic N) is 1. The van der Waals surface area contributed by atoms with Crippen molar-refractivity contribution < 1.29 is 30.7 Å². The van der Waals surface area contributed by atoms with Gasteiger partial charge in [-0.15, -0.1) is 0 Å². The topological polar surface area (TPSA) is 61.1 Å². The SMILES string of the molecule is CCCCCCCCCC[n+]1cccc(CCCC)c1.O=S(=O)([O-])C(F)(F)F. The molecule has 0 amide bonds. The van der Waals surface area contributed by atoms with E-state index in [1.54, 1.807) is 0 Å². The van der Waals surface area contributed by atoms with Crippen molar-refractivity contribution in [3.05, 3.63) is 30.1 Å². The van der Waals surface area contributed by atoms with Gasteiger partial charge in [0.2, 0.25) is 0 Å². The molecule has 1 aromatic rings. The Labute approximate surface area is 167 Å². The monoisotopic (exact) mass is 425 g/mol. The number of alkyl halides is 3. The molecular formula is C20H34F3NO3S. The van der Waals surface area contributed by atoms with Crippen LogP contribution in [0.2, 0.25) is 0 Å². The number of aromatic nitrogens is 1. The van der Waals surface area contributed by atoms with Crippen LogP contribution >= 0.6 is 0 Å². The Morgan fingerprint density at radius 3 is 1.93 bits per heavy atom. The van der Waals surface area contributed by atoms with Gasteiger partial charge in [0, 0.05) is 18.1 Å². The average molecular weight is 426 g/mol. The van der Waals surface area contributed by atoms with Crippen molar-refractivity contribution in [2.24, 2.45) is 0 Å². The first kappa shape index (κ1) is 26.9. The van der Waals surface area contributed by atoms with Crippen molar-refractivity contribution in [2.75, 3.05) is 0 Å². The summed E-state index contributed by atoms with van der Waals surface area (Å²) in [6.07, 6.45) is 19.6. The van der Waals surface area contributed by atoms with Gasteiger partial charge in [-0.25, -0.2) is 13.0 Å². The minimum absolute atomic E-state index is 1.19. The number of pyridine rings is 1. The summed E-state index contributed by atoms with van der Waals surface area (Å²) in [7, 11) is -6.09. The van der Waals surface area contributed by atoms with Crippen LogP contribution in [0.3, 0.4) is 0 Å². The number of hydrogen-bond acceptors (Lipinski definition) is 3. The van der Waals surface area contributed by atoms with Crippen molar-refractivity contribution in [2.45, 2.75) is 96.5 Å². The molecule has 164 valence electrons. The maximum atomic E-state index is 10.7. The zero-order valence-corrected chi connectivity index (χ0v) is 17.8. The largest absolute Gasteiger partial charge is 0.741 e. The molecule has 0 N–H and O–H groups in total. The van der Waals surface area contributed by atoms with Gasteiger partial charge < -0.3 is 4.55 Å². The van der Waals surface area contributed by atoms with Crippen LogP contribution in [0.5, 0.6) is 0 Å². The Balaban J connectivity index is 0.000000769. The summed E-state index contributed by atoms with van der Waals surface area (Å²) >= 11 is 0. The highest BCUT2D eigenvalue weighted by Gasteiger charge is 2.36. The molecule has 4 nitrogen and oxygen atoms in total. The molecule has 8 heteroatoms. The molecule has 0 aliphatic carbocycles. The normalized spacial score (nSPS) is 11.8. The Kier molecular flexibility index (Phi) is 14.2. The third-order valence-electron chi connectivity index (χ3n) is 4.29. The maximum absolute atomic E-state index is 10.7. The standard InChI is InChI=1S/C19H34N.CHF3O3S/c1-3-5-7-8-9-10-11-12-16-20-17-13-15-19(18-20)14-6-4-2;2-1(3,4)8(5,6)7/h13,15,17-18H,3-12,14,16H2,1-2H3;(H,5,6,7)/q+1;/p-1. The average Bonchev–Trinajstić information content (AvgIpc) is 2.61. The van der Waals surface area contributed by atoms with E-state index in [1.165, 1.54) is 82.7 Å². The van der Waals surface area contributed by atoms with Crippen LogP contribution in [0.25, 0.3) is 0 Å². The number of halogens is 3.